The zero-order valence-electron chi connectivity index (χ0n) is 8.19. The van der Waals surface area contributed by atoms with Gasteiger partial charge in [-0.3, -0.25) is 0 Å². The van der Waals surface area contributed by atoms with Gasteiger partial charge < -0.3 is 4.98 Å². The zero-order valence-corrected chi connectivity index (χ0v) is 12.9. The molecule has 0 bridgehead atoms. The van der Waals surface area contributed by atoms with Crippen molar-refractivity contribution in [3.05, 3.63) is 42.9 Å². The first-order valence-electron chi connectivity index (χ1n) is 4.47. The van der Waals surface area contributed by atoms with E-state index in [9.17, 15) is 0 Å². The number of nitrogens with zero attached hydrogens (tertiary/aromatic N) is 1. The second-order valence-corrected chi connectivity index (χ2v) is 5.64. The van der Waals surface area contributed by atoms with Crippen molar-refractivity contribution in [3.8, 4) is 17.3 Å². The Bertz CT molecular complexity index is 629. The fourth-order valence-electron chi connectivity index (χ4n) is 1.38. The third-order valence-corrected chi connectivity index (χ3v) is 5.06. The summed E-state index contributed by atoms with van der Waals surface area (Å²) in [5.74, 6) is 0. The summed E-state index contributed by atoms with van der Waals surface area (Å²) in [4.78, 5) is 3.01. The highest BCUT2D eigenvalue weighted by molar-refractivity contribution is 9.13. The highest BCUT2D eigenvalue weighted by Crippen LogP contribution is 2.38. The van der Waals surface area contributed by atoms with E-state index in [-0.39, 0.29) is 0 Å². The summed E-state index contributed by atoms with van der Waals surface area (Å²) in [5.41, 5.74) is 2.10. The van der Waals surface area contributed by atoms with Crippen LogP contribution in [-0.4, -0.2) is 4.98 Å². The Labute approximate surface area is 125 Å². The molecule has 1 heterocycles. The Kier molecular flexibility index (Phi) is 3.84. The minimum Gasteiger partial charge on any atom is -0.344 e. The van der Waals surface area contributed by atoms with Crippen molar-refractivity contribution in [2.24, 2.45) is 0 Å². The summed E-state index contributed by atoms with van der Waals surface area (Å²) in [6.45, 7) is 0. The number of halogens is 4. The maximum Gasteiger partial charge on any atom is 0.133 e. The summed E-state index contributed by atoms with van der Waals surface area (Å²) in [6.07, 6.45) is 0. The lowest BCUT2D eigenvalue weighted by Crippen LogP contribution is -1.80. The van der Waals surface area contributed by atoms with Gasteiger partial charge in [0.25, 0.3) is 0 Å². The van der Waals surface area contributed by atoms with Crippen LogP contribution in [0, 0.1) is 11.3 Å². The highest BCUT2D eigenvalue weighted by atomic mass is 79.9. The maximum absolute atomic E-state index is 8.92. The number of hydrogen-bond donors (Lipinski definition) is 1. The third-order valence-electron chi connectivity index (χ3n) is 2.20. The molecule has 0 radical (unpaired) electrons. The van der Waals surface area contributed by atoms with Crippen molar-refractivity contribution in [2.75, 3.05) is 0 Å². The van der Waals surface area contributed by atoms with Gasteiger partial charge >= 0.3 is 0 Å². The predicted molar refractivity (Wildman–Crippen MR) is 76.4 cm³/mol. The monoisotopic (exact) mass is 392 g/mol. The molecule has 0 saturated carbocycles. The number of benzene rings is 1. The van der Waals surface area contributed by atoms with Gasteiger partial charge in [-0.15, -0.1) is 0 Å². The van der Waals surface area contributed by atoms with E-state index in [4.69, 9.17) is 28.5 Å². The molecule has 0 saturated heterocycles. The summed E-state index contributed by atoms with van der Waals surface area (Å²) < 4.78 is 1.48. The molecule has 17 heavy (non-hydrogen) atoms. The van der Waals surface area contributed by atoms with Crippen LogP contribution < -0.4 is 0 Å². The van der Waals surface area contributed by atoms with Crippen molar-refractivity contribution in [3.63, 3.8) is 0 Å². The number of rotatable bonds is 1. The van der Waals surface area contributed by atoms with Gasteiger partial charge in [0.15, 0.2) is 0 Å². The molecule has 1 aromatic carbocycles. The molecular formula is C11H4Br2Cl2N2. The van der Waals surface area contributed by atoms with Crippen molar-refractivity contribution < 1.29 is 0 Å². The Morgan fingerprint density at radius 3 is 2.35 bits per heavy atom. The highest BCUT2D eigenvalue weighted by Gasteiger charge is 2.15. The van der Waals surface area contributed by atoms with Crippen LogP contribution in [-0.2, 0) is 0 Å². The Morgan fingerprint density at radius 1 is 1.12 bits per heavy atom. The summed E-state index contributed by atoms with van der Waals surface area (Å²) in [7, 11) is 0. The molecule has 1 aromatic heterocycles. The minimum absolute atomic E-state index is 0.456. The smallest absolute Gasteiger partial charge is 0.133 e. The standard InChI is InChI=1S/C11H4Br2Cl2N2/c12-9-8(4-16)17-11(10(9)13)5-1-2-6(14)7(15)3-5/h1-3,17H. The van der Waals surface area contributed by atoms with Crippen molar-refractivity contribution >= 4 is 55.1 Å². The molecule has 2 rings (SSSR count). The average Bonchev–Trinajstić information content (AvgIpc) is 2.60. The molecule has 86 valence electrons. The van der Waals surface area contributed by atoms with Gasteiger partial charge in [0, 0.05) is 5.56 Å². The molecular weight excluding hydrogens is 391 g/mol. The van der Waals surface area contributed by atoms with Crippen LogP contribution in [0.25, 0.3) is 11.3 Å². The lowest BCUT2D eigenvalue weighted by atomic mass is 10.1. The van der Waals surface area contributed by atoms with Gasteiger partial charge in [0.05, 0.1) is 24.7 Å². The molecule has 0 unspecified atom stereocenters. The number of nitriles is 1. The van der Waals surface area contributed by atoms with E-state index in [0.717, 1.165) is 15.7 Å². The van der Waals surface area contributed by atoms with Crippen LogP contribution in [0.2, 0.25) is 10.0 Å². The van der Waals surface area contributed by atoms with Crippen molar-refractivity contribution in [2.45, 2.75) is 0 Å². The molecule has 1 N–H and O–H groups in total. The van der Waals surface area contributed by atoms with Gasteiger partial charge in [0.2, 0.25) is 0 Å². The van der Waals surface area contributed by atoms with Gasteiger partial charge in [0.1, 0.15) is 11.8 Å². The Balaban J connectivity index is 2.61. The third kappa shape index (κ3) is 2.38. The largest absolute Gasteiger partial charge is 0.344 e. The van der Waals surface area contributed by atoms with Crippen LogP contribution in [0.3, 0.4) is 0 Å². The molecule has 0 spiro atoms. The summed E-state index contributed by atoms with van der Waals surface area (Å²) in [6, 6.07) is 7.35. The number of H-pyrrole nitrogens is 1. The second-order valence-electron chi connectivity index (χ2n) is 3.24. The molecule has 2 nitrogen and oxygen atoms in total. The average molecular weight is 395 g/mol. The quantitative estimate of drug-likeness (QED) is 0.692. The molecule has 0 atom stereocenters. The second kappa shape index (κ2) is 5.03. The maximum atomic E-state index is 8.92. The van der Waals surface area contributed by atoms with Crippen LogP contribution in [0.15, 0.2) is 27.1 Å². The van der Waals surface area contributed by atoms with E-state index in [2.05, 4.69) is 42.9 Å². The fourth-order valence-corrected chi connectivity index (χ4v) is 2.59. The number of nitrogens with one attached hydrogen (secondary N) is 1. The topological polar surface area (TPSA) is 39.6 Å². The van der Waals surface area contributed by atoms with E-state index >= 15 is 0 Å². The number of hydrogen-bond acceptors (Lipinski definition) is 1. The molecule has 0 fully saturated rings. The number of aromatic nitrogens is 1. The number of aromatic amines is 1. The van der Waals surface area contributed by atoms with Gasteiger partial charge in [-0.1, -0.05) is 29.3 Å². The minimum atomic E-state index is 0.456. The molecule has 0 aliphatic carbocycles. The van der Waals surface area contributed by atoms with E-state index < -0.39 is 0 Å². The lowest BCUT2D eigenvalue weighted by molar-refractivity contribution is 1.32. The fraction of sp³-hybridized carbons (Fsp3) is 0. The lowest BCUT2D eigenvalue weighted by Gasteiger charge is -2.02. The summed E-state index contributed by atoms with van der Waals surface area (Å²) in [5, 5.41) is 9.89. The van der Waals surface area contributed by atoms with E-state index in [1.165, 1.54) is 0 Å². The molecule has 2 aromatic rings. The predicted octanol–water partition coefficient (Wildman–Crippen LogP) is 5.39. The normalized spacial score (nSPS) is 10.3. The van der Waals surface area contributed by atoms with E-state index in [0.29, 0.717) is 20.2 Å². The van der Waals surface area contributed by atoms with E-state index in [1.54, 1.807) is 12.1 Å². The SMILES string of the molecule is N#Cc1[nH]c(-c2ccc(Cl)c(Cl)c2)c(Br)c1Br. The van der Waals surface area contributed by atoms with Crippen LogP contribution in [0.4, 0.5) is 0 Å². The van der Waals surface area contributed by atoms with Crippen LogP contribution in [0.5, 0.6) is 0 Å². The van der Waals surface area contributed by atoms with Crippen LogP contribution in [0.1, 0.15) is 5.69 Å². The van der Waals surface area contributed by atoms with Crippen LogP contribution >= 0.6 is 55.1 Å². The van der Waals surface area contributed by atoms with Gasteiger partial charge in [-0.05, 0) is 44.0 Å². The van der Waals surface area contributed by atoms with Gasteiger partial charge in [-0.25, -0.2) is 0 Å². The molecule has 0 amide bonds. The Morgan fingerprint density at radius 2 is 1.82 bits per heavy atom. The van der Waals surface area contributed by atoms with E-state index in [1.807, 2.05) is 6.07 Å². The first-order chi connectivity index (χ1) is 8.04. The zero-order chi connectivity index (χ0) is 12.6. The summed E-state index contributed by atoms with van der Waals surface area (Å²) >= 11 is 18.6. The van der Waals surface area contributed by atoms with Gasteiger partial charge in [-0.2, -0.15) is 5.26 Å². The Hall–Kier alpha value is -0.470. The molecule has 6 heteroatoms. The van der Waals surface area contributed by atoms with Crippen molar-refractivity contribution in [1.29, 1.82) is 5.26 Å². The first kappa shape index (κ1) is 13.0. The van der Waals surface area contributed by atoms with Crippen molar-refractivity contribution in [1.82, 2.24) is 4.98 Å². The molecule has 0 aliphatic heterocycles. The molecule has 0 aliphatic rings. The first-order valence-corrected chi connectivity index (χ1v) is 6.81.